The summed E-state index contributed by atoms with van der Waals surface area (Å²) < 4.78 is 0. The number of carbonyl (C=O) groups is 1. The second kappa shape index (κ2) is 3.43. The molecule has 0 aromatic heterocycles. The molecular formula is C5H9ClN2O3. The molecule has 0 atom stereocenters. The molecule has 6 heteroatoms. The van der Waals surface area contributed by atoms with Crippen molar-refractivity contribution in [2.24, 2.45) is 5.16 Å². The van der Waals surface area contributed by atoms with Crippen LogP contribution in [0, 0.1) is 0 Å². The maximum atomic E-state index is 10.1. The van der Waals surface area contributed by atoms with Gasteiger partial charge in [-0.3, -0.25) is 0 Å². The maximum Gasteiger partial charge on any atom is 0.405 e. The molecule has 0 heterocycles. The zero-order valence-electron chi connectivity index (χ0n) is 6.13. The molecule has 0 saturated heterocycles. The van der Waals surface area contributed by atoms with E-state index in [0.29, 0.717) is 0 Å². The van der Waals surface area contributed by atoms with Gasteiger partial charge in [0.15, 0.2) is 5.17 Å². The number of hydrogen-bond acceptors (Lipinski definition) is 3. The van der Waals surface area contributed by atoms with Gasteiger partial charge in [0.2, 0.25) is 0 Å². The van der Waals surface area contributed by atoms with Crippen molar-refractivity contribution >= 4 is 22.9 Å². The first-order valence-corrected chi connectivity index (χ1v) is 3.17. The molecule has 0 bridgehead atoms. The van der Waals surface area contributed by atoms with E-state index in [4.69, 9.17) is 21.9 Å². The van der Waals surface area contributed by atoms with Crippen molar-refractivity contribution in [1.82, 2.24) is 5.32 Å². The lowest BCUT2D eigenvalue weighted by Crippen LogP contribution is -2.47. The van der Waals surface area contributed by atoms with E-state index in [-0.39, 0.29) is 5.17 Å². The lowest BCUT2D eigenvalue weighted by molar-refractivity contribution is 0.188. The predicted octanol–water partition coefficient (Wildman–Crippen LogP) is 1.06. The van der Waals surface area contributed by atoms with E-state index in [9.17, 15) is 4.79 Å². The fraction of sp³-hybridized carbons (Fsp3) is 0.600. The van der Waals surface area contributed by atoms with Crippen molar-refractivity contribution in [3.8, 4) is 0 Å². The molecule has 3 N–H and O–H groups in total. The Morgan fingerprint density at radius 3 is 2.36 bits per heavy atom. The quantitative estimate of drug-likeness (QED) is 0.338. The van der Waals surface area contributed by atoms with Crippen LogP contribution in [0.1, 0.15) is 13.8 Å². The minimum absolute atomic E-state index is 0.208. The number of hydrogen-bond donors (Lipinski definition) is 3. The first-order chi connectivity index (χ1) is 4.90. The summed E-state index contributed by atoms with van der Waals surface area (Å²) in [6.07, 6.45) is -1.23. The molecule has 1 amide bonds. The largest absolute Gasteiger partial charge is 0.465 e. The van der Waals surface area contributed by atoms with Crippen LogP contribution >= 0.6 is 11.6 Å². The molecule has 11 heavy (non-hydrogen) atoms. The number of nitrogens with one attached hydrogen (secondary N) is 1. The molecule has 0 aromatic rings. The van der Waals surface area contributed by atoms with E-state index in [0.717, 1.165) is 0 Å². The monoisotopic (exact) mass is 180 g/mol. The third kappa shape index (κ3) is 3.08. The highest BCUT2D eigenvalue weighted by Gasteiger charge is 2.26. The minimum atomic E-state index is -1.23. The number of nitrogens with zero attached hydrogens (tertiary/aromatic N) is 1. The van der Waals surface area contributed by atoms with Gasteiger partial charge in [-0.15, -0.1) is 0 Å². The maximum absolute atomic E-state index is 10.1. The first kappa shape index (κ1) is 10.0. The van der Waals surface area contributed by atoms with Gasteiger partial charge < -0.3 is 15.6 Å². The van der Waals surface area contributed by atoms with Gasteiger partial charge in [0.05, 0.1) is 5.54 Å². The average Bonchev–Trinajstić information content (AvgIpc) is 1.83. The summed E-state index contributed by atoms with van der Waals surface area (Å²) in [5, 5.41) is 21.0. The molecule has 0 rings (SSSR count). The summed E-state index contributed by atoms with van der Waals surface area (Å²) in [5.41, 5.74) is -1.05. The lowest BCUT2D eigenvalue weighted by Gasteiger charge is -2.20. The number of oxime groups is 1. The van der Waals surface area contributed by atoms with Gasteiger partial charge >= 0.3 is 6.09 Å². The zero-order valence-corrected chi connectivity index (χ0v) is 6.88. The van der Waals surface area contributed by atoms with Crippen molar-refractivity contribution in [2.75, 3.05) is 0 Å². The second-order valence-electron chi connectivity index (χ2n) is 2.45. The van der Waals surface area contributed by atoms with Crippen LogP contribution in [-0.4, -0.2) is 27.1 Å². The average molecular weight is 181 g/mol. The number of carboxylic acid groups (broad SMARTS) is 1. The van der Waals surface area contributed by atoms with Gasteiger partial charge in [0.25, 0.3) is 0 Å². The van der Waals surface area contributed by atoms with Gasteiger partial charge in [-0.2, -0.15) is 0 Å². The third-order valence-corrected chi connectivity index (χ3v) is 1.57. The van der Waals surface area contributed by atoms with Gasteiger partial charge in [0.1, 0.15) is 0 Å². The van der Waals surface area contributed by atoms with Gasteiger partial charge in [0, 0.05) is 0 Å². The third-order valence-electron chi connectivity index (χ3n) is 1.02. The van der Waals surface area contributed by atoms with E-state index in [1.165, 1.54) is 13.8 Å². The SMILES string of the molecule is CC(C)(NC(=O)O)/C(Cl)=N/O. The van der Waals surface area contributed by atoms with E-state index >= 15 is 0 Å². The Morgan fingerprint density at radius 2 is 2.09 bits per heavy atom. The summed E-state index contributed by atoms with van der Waals surface area (Å²) in [6, 6.07) is 0. The highest BCUT2D eigenvalue weighted by atomic mass is 35.5. The van der Waals surface area contributed by atoms with Gasteiger partial charge in [-0.1, -0.05) is 16.8 Å². The Balaban J connectivity index is 4.33. The van der Waals surface area contributed by atoms with Crippen molar-refractivity contribution in [1.29, 1.82) is 0 Å². The van der Waals surface area contributed by atoms with E-state index < -0.39 is 11.6 Å². The molecular weight excluding hydrogens is 172 g/mol. The van der Waals surface area contributed by atoms with Crippen molar-refractivity contribution in [3.63, 3.8) is 0 Å². The minimum Gasteiger partial charge on any atom is -0.465 e. The molecule has 64 valence electrons. The fourth-order valence-electron chi connectivity index (χ4n) is 0.444. The fourth-order valence-corrected chi connectivity index (χ4v) is 0.491. The summed E-state index contributed by atoms with van der Waals surface area (Å²) >= 11 is 5.38. The van der Waals surface area contributed by atoms with Crippen LogP contribution in [0.4, 0.5) is 4.79 Å². The Hall–Kier alpha value is -0.970. The highest BCUT2D eigenvalue weighted by molar-refractivity contribution is 6.67. The number of amides is 1. The molecule has 0 spiro atoms. The van der Waals surface area contributed by atoms with Crippen LogP contribution in [0.5, 0.6) is 0 Å². The smallest absolute Gasteiger partial charge is 0.405 e. The summed E-state index contributed by atoms with van der Waals surface area (Å²) in [5.74, 6) is 0. The first-order valence-electron chi connectivity index (χ1n) is 2.79. The van der Waals surface area contributed by atoms with Gasteiger partial charge in [-0.25, -0.2) is 4.79 Å². The molecule has 0 unspecified atom stereocenters. The standard InChI is InChI=1S/C5H9ClN2O3/c1-5(2,3(6)8-11)7-4(9)10/h7,11H,1-2H3,(H,9,10)/b8-3-. The van der Waals surface area contributed by atoms with Crippen LogP contribution in [0.3, 0.4) is 0 Å². The molecule has 0 aromatic carbocycles. The van der Waals surface area contributed by atoms with Crippen molar-refractivity contribution in [3.05, 3.63) is 0 Å². The summed E-state index contributed by atoms with van der Waals surface area (Å²) in [4.78, 5) is 10.1. The molecule has 0 aliphatic rings. The number of halogens is 1. The Labute approximate surface area is 68.7 Å². The Bertz CT molecular complexity index is 190. The second-order valence-corrected chi connectivity index (χ2v) is 2.80. The van der Waals surface area contributed by atoms with Crippen LogP contribution in [-0.2, 0) is 0 Å². The van der Waals surface area contributed by atoms with E-state index in [1.54, 1.807) is 0 Å². The normalized spacial score (nSPS) is 12.8. The topological polar surface area (TPSA) is 81.9 Å². The van der Waals surface area contributed by atoms with E-state index in [1.807, 2.05) is 0 Å². The highest BCUT2D eigenvalue weighted by Crippen LogP contribution is 2.08. The summed E-state index contributed by atoms with van der Waals surface area (Å²) in [7, 11) is 0. The molecule has 5 nitrogen and oxygen atoms in total. The van der Waals surface area contributed by atoms with Crippen LogP contribution in [0.2, 0.25) is 0 Å². The van der Waals surface area contributed by atoms with Gasteiger partial charge in [-0.05, 0) is 13.8 Å². The predicted molar refractivity (Wildman–Crippen MR) is 40.3 cm³/mol. The molecule has 0 aliphatic heterocycles. The van der Waals surface area contributed by atoms with E-state index in [2.05, 4.69) is 10.5 Å². The number of rotatable bonds is 2. The molecule has 0 fully saturated rings. The molecule has 0 aliphatic carbocycles. The van der Waals surface area contributed by atoms with Crippen LogP contribution < -0.4 is 5.32 Å². The Morgan fingerprint density at radius 1 is 1.64 bits per heavy atom. The summed E-state index contributed by atoms with van der Waals surface area (Å²) in [6.45, 7) is 2.95. The van der Waals surface area contributed by atoms with Crippen molar-refractivity contribution < 1.29 is 15.1 Å². The zero-order chi connectivity index (χ0) is 9.07. The van der Waals surface area contributed by atoms with Crippen LogP contribution in [0.25, 0.3) is 0 Å². The van der Waals surface area contributed by atoms with Crippen molar-refractivity contribution in [2.45, 2.75) is 19.4 Å². The Kier molecular flexibility index (Phi) is 3.13. The molecule has 0 radical (unpaired) electrons. The molecule has 0 saturated carbocycles. The van der Waals surface area contributed by atoms with Crippen LogP contribution in [0.15, 0.2) is 5.16 Å². The lowest BCUT2D eigenvalue weighted by atomic mass is 10.1.